The average Bonchev–Trinajstić information content (AvgIpc) is 3.05. The summed E-state index contributed by atoms with van der Waals surface area (Å²) in [5.41, 5.74) is 0.982. The number of nitrogens with one attached hydrogen (secondary N) is 1. The Morgan fingerprint density at radius 3 is 2.84 bits per heavy atom. The van der Waals surface area contributed by atoms with Crippen LogP contribution in [0.4, 0.5) is 0 Å². The topological polar surface area (TPSA) is 68.3 Å². The van der Waals surface area contributed by atoms with Gasteiger partial charge in [0.2, 0.25) is 0 Å². The molecule has 6 heteroatoms. The Labute approximate surface area is 151 Å². The van der Waals surface area contributed by atoms with Crippen LogP contribution in [-0.2, 0) is 14.3 Å². The Kier molecular flexibility index (Phi) is 5.68. The second-order valence-electron chi connectivity index (χ2n) is 6.49. The molecule has 0 unspecified atom stereocenters. The lowest BCUT2D eigenvalue weighted by Crippen LogP contribution is -2.38. The molecule has 1 heterocycles. The number of likely N-dealkylation sites (N-methyl/N-ethyl adjacent to an activating group) is 1. The van der Waals surface area contributed by atoms with E-state index in [1.165, 1.54) is 0 Å². The number of aromatic nitrogens is 1. The molecule has 1 aromatic heterocycles. The van der Waals surface area contributed by atoms with E-state index >= 15 is 0 Å². The number of hydrogen-bond donors (Lipinski definition) is 1. The van der Waals surface area contributed by atoms with Crippen LogP contribution in [0.5, 0.6) is 0 Å². The molecule has 3 atom stereocenters. The Balaban J connectivity index is 1.76. The monoisotopic (exact) mass is 360 g/mol. The van der Waals surface area contributed by atoms with Crippen molar-refractivity contribution in [2.24, 2.45) is 5.92 Å². The maximum atomic E-state index is 12.7. The molecule has 1 amide bonds. The zero-order chi connectivity index (χ0) is 17.8. The third kappa shape index (κ3) is 4.00. The molecule has 134 valence electrons. The van der Waals surface area contributed by atoms with E-state index in [2.05, 4.69) is 11.4 Å². The first-order chi connectivity index (χ1) is 12.1. The molecule has 25 heavy (non-hydrogen) atoms. The number of benzene rings is 1. The van der Waals surface area contributed by atoms with Gasteiger partial charge in [-0.3, -0.25) is 9.59 Å². The number of carbonyl (C=O) groups is 2. The lowest BCUT2D eigenvalue weighted by Gasteiger charge is -2.29. The Morgan fingerprint density at radius 1 is 1.32 bits per heavy atom. The smallest absolute Gasteiger partial charge is 0.310 e. The van der Waals surface area contributed by atoms with Crippen molar-refractivity contribution in [2.75, 3.05) is 6.54 Å². The van der Waals surface area contributed by atoms with Gasteiger partial charge in [0.25, 0.3) is 5.91 Å². The summed E-state index contributed by atoms with van der Waals surface area (Å²) in [6, 6.07) is 8.05. The van der Waals surface area contributed by atoms with Gasteiger partial charge < -0.3 is 10.1 Å². The zero-order valence-electron chi connectivity index (χ0n) is 14.7. The highest BCUT2D eigenvalue weighted by Gasteiger charge is 2.36. The Bertz CT molecular complexity index is 725. The number of thiazole rings is 1. The molecular weight excluding hydrogens is 336 g/mol. The van der Waals surface area contributed by atoms with Crippen molar-refractivity contribution in [3.63, 3.8) is 0 Å². The third-order valence-corrected chi connectivity index (χ3v) is 5.88. The number of ether oxygens (including phenoxy) is 1. The molecule has 2 aromatic rings. The van der Waals surface area contributed by atoms with Crippen LogP contribution in [0, 0.1) is 5.92 Å². The Hall–Kier alpha value is -1.95. The summed E-state index contributed by atoms with van der Waals surface area (Å²) in [5, 5.41) is 3.70. The molecule has 1 aliphatic rings. The second kappa shape index (κ2) is 7.95. The molecule has 0 bridgehead atoms. The number of rotatable bonds is 5. The lowest BCUT2D eigenvalue weighted by atomic mass is 9.79. The molecule has 1 saturated carbocycles. The van der Waals surface area contributed by atoms with Crippen LogP contribution in [0.15, 0.2) is 24.3 Å². The minimum Gasteiger partial charge on any atom is -0.452 e. The van der Waals surface area contributed by atoms with Crippen LogP contribution in [0.3, 0.4) is 0 Å². The maximum absolute atomic E-state index is 12.7. The fourth-order valence-electron chi connectivity index (χ4n) is 3.39. The normalized spacial score (nSPS) is 21.7. The predicted molar refractivity (Wildman–Crippen MR) is 98.6 cm³/mol. The fraction of sp³-hybridized carbons (Fsp3) is 0.526. The number of carbonyl (C=O) groups excluding carboxylic acids is 2. The van der Waals surface area contributed by atoms with Crippen LogP contribution in [0.1, 0.15) is 50.5 Å². The van der Waals surface area contributed by atoms with Crippen LogP contribution < -0.4 is 5.32 Å². The summed E-state index contributed by atoms with van der Waals surface area (Å²) < 4.78 is 6.60. The van der Waals surface area contributed by atoms with Crippen molar-refractivity contribution in [3.8, 4) is 0 Å². The predicted octanol–water partition coefficient (Wildman–Crippen LogP) is 3.64. The van der Waals surface area contributed by atoms with E-state index in [1.54, 1.807) is 18.3 Å². The van der Waals surface area contributed by atoms with Gasteiger partial charge in [-0.25, -0.2) is 4.98 Å². The third-order valence-electron chi connectivity index (χ3n) is 4.71. The highest BCUT2D eigenvalue weighted by Crippen LogP contribution is 2.41. The van der Waals surface area contributed by atoms with Crippen LogP contribution in [-0.4, -0.2) is 29.5 Å². The molecule has 1 N–H and O–H groups in total. The van der Waals surface area contributed by atoms with Crippen molar-refractivity contribution in [2.45, 2.75) is 51.6 Å². The Morgan fingerprint density at radius 2 is 2.08 bits per heavy atom. The number of amides is 1. The fourth-order valence-corrected chi connectivity index (χ4v) is 4.56. The summed E-state index contributed by atoms with van der Waals surface area (Å²) in [6.07, 6.45) is 3.08. The van der Waals surface area contributed by atoms with Gasteiger partial charge >= 0.3 is 5.97 Å². The highest BCUT2D eigenvalue weighted by atomic mass is 32.1. The average molecular weight is 360 g/mol. The van der Waals surface area contributed by atoms with E-state index in [0.29, 0.717) is 6.54 Å². The van der Waals surface area contributed by atoms with Crippen molar-refractivity contribution in [3.05, 3.63) is 29.3 Å². The van der Waals surface area contributed by atoms with Gasteiger partial charge in [-0.1, -0.05) is 25.0 Å². The van der Waals surface area contributed by atoms with E-state index < -0.39 is 6.10 Å². The van der Waals surface area contributed by atoms with Crippen molar-refractivity contribution >= 4 is 33.4 Å². The van der Waals surface area contributed by atoms with Gasteiger partial charge in [0.05, 0.1) is 21.1 Å². The van der Waals surface area contributed by atoms with Gasteiger partial charge in [-0.15, -0.1) is 11.3 Å². The maximum Gasteiger partial charge on any atom is 0.310 e. The number of para-hydroxylation sites is 1. The summed E-state index contributed by atoms with van der Waals surface area (Å²) in [7, 11) is 0. The standard InChI is InChI=1S/C19H24N2O3S/c1-3-20-17(22)12(2)24-19(23)14-9-5-4-8-13(14)18-21-15-10-6-7-11-16(15)25-18/h6-7,10-14H,3-5,8-9H2,1-2H3,(H,20,22)/t12-,13+,14+/m1/s1. The highest BCUT2D eigenvalue weighted by molar-refractivity contribution is 7.18. The number of hydrogen-bond acceptors (Lipinski definition) is 5. The molecular formula is C19H24N2O3S. The van der Waals surface area contributed by atoms with Crippen LogP contribution >= 0.6 is 11.3 Å². The number of esters is 1. The molecule has 0 radical (unpaired) electrons. The summed E-state index contributed by atoms with van der Waals surface area (Å²) in [4.78, 5) is 29.3. The zero-order valence-corrected chi connectivity index (χ0v) is 15.5. The van der Waals surface area contributed by atoms with Gasteiger partial charge in [0, 0.05) is 12.5 Å². The molecule has 0 saturated heterocycles. The van der Waals surface area contributed by atoms with Gasteiger partial charge in [-0.2, -0.15) is 0 Å². The number of nitrogens with zero attached hydrogens (tertiary/aromatic N) is 1. The van der Waals surface area contributed by atoms with Crippen molar-refractivity contribution in [1.29, 1.82) is 0 Å². The summed E-state index contributed by atoms with van der Waals surface area (Å²) in [6.45, 7) is 3.99. The second-order valence-corrected chi connectivity index (χ2v) is 7.55. The minimum absolute atomic E-state index is 0.0834. The molecule has 1 aromatic carbocycles. The number of fused-ring (bicyclic) bond motifs is 1. The molecule has 3 rings (SSSR count). The molecule has 1 fully saturated rings. The van der Waals surface area contributed by atoms with E-state index in [9.17, 15) is 9.59 Å². The minimum atomic E-state index is -0.759. The SMILES string of the molecule is CCNC(=O)[C@@H](C)OC(=O)[C@H]1CCCC[C@@H]1c1nc2ccccc2s1. The molecule has 0 aliphatic heterocycles. The molecule has 1 aliphatic carbocycles. The van der Waals surface area contributed by atoms with E-state index in [4.69, 9.17) is 9.72 Å². The van der Waals surface area contributed by atoms with Crippen LogP contribution in [0.25, 0.3) is 10.2 Å². The van der Waals surface area contributed by atoms with E-state index in [0.717, 1.165) is 40.9 Å². The summed E-state index contributed by atoms with van der Waals surface area (Å²) >= 11 is 1.66. The van der Waals surface area contributed by atoms with E-state index in [1.807, 2.05) is 25.1 Å². The lowest BCUT2D eigenvalue weighted by molar-refractivity contribution is -0.160. The van der Waals surface area contributed by atoms with Crippen LogP contribution in [0.2, 0.25) is 0 Å². The first kappa shape index (κ1) is 17.9. The first-order valence-electron chi connectivity index (χ1n) is 8.93. The largest absolute Gasteiger partial charge is 0.452 e. The van der Waals surface area contributed by atoms with E-state index in [-0.39, 0.29) is 23.7 Å². The van der Waals surface area contributed by atoms with Gasteiger partial charge in [-0.05, 0) is 38.8 Å². The van der Waals surface area contributed by atoms with Gasteiger partial charge in [0.1, 0.15) is 0 Å². The molecule has 5 nitrogen and oxygen atoms in total. The first-order valence-corrected chi connectivity index (χ1v) is 9.75. The quantitative estimate of drug-likeness (QED) is 0.827. The van der Waals surface area contributed by atoms with Crippen molar-refractivity contribution in [1.82, 2.24) is 10.3 Å². The van der Waals surface area contributed by atoms with Crippen molar-refractivity contribution < 1.29 is 14.3 Å². The molecule has 0 spiro atoms. The van der Waals surface area contributed by atoms with Gasteiger partial charge in [0.15, 0.2) is 6.10 Å². The summed E-state index contributed by atoms with van der Waals surface area (Å²) in [5.74, 6) is -0.655.